The van der Waals surface area contributed by atoms with Crippen molar-refractivity contribution < 1.29 is 19.1 Å². The molecule has 132 valence electrons. The Bertz CT molecular complexity index is 588. The van der Waals surface area contributed by atoms with Crippen LogP contribution in [0.1, 0.15) is 38.2 Å². The average Bonchev–Trinajstić information content (AvgIpc) is 2.64. The quantitative estimate of drug-likeness (QED) is 0.838. The van der Waals surface area contributed by atoms with E-state index in [1.54, 1.807) is 31.3 Å². The zero-order chi connectivity index (χ0) is 17.5. The summed E-state index contributed by atoms with van der Waals surface area (Å²) in [5, 5.41) is 2.70. The van der Waals surface area contributed by atoms with Gasteiger partial charge in [-0.3, -0.25) is 9.59 Å². The fourth-order valence-electron chi connectivity index (χ4n) is 3.07. The molecule has 1 aliphatic heterocycles. The molecule has 1 aromatic carbocycles. The molecule has 0 saturated carbocycles. The standard InChI is InChI=1S/C18H26N2O4/c1-4-14-7-5-6-10-20(14)18(22)17(21)19-12-13-8-9-15(23-2)16(11-13)24-3/h8-9,11,14H,4-7,10,12H2,1-3H3,(H,19,21). The van der Waals surface area contributed by atoms with E-state index in [0.29, 0.717) is 18.0 Å². The maximum atomic E-state index is 12.4. The SMILES string of the molecule is CCC1CCCCN1C(=O)C(=O)NCc1ccc(OC)c(OC)c1. The minimum atomic E-state index is -0.551. The minimum absolute atomic E-state index is 0.179. The van der Waals surface area contributed by atoms with Crippen molar-refractivity contribution >= 4 is 11.8 Å². The second-order valence-corrected chi connectivity index (χ2v) is 5.93. The number of piperidine rings is 1. The van der Waals surface area contributed by atoms with Crippen LogP contribution < -0.4 is 14.8 Å². The molecule has 0 bridgehead atoms. The first-order chi connectivity index (χ1) is 11.6. The number of nitrogens with zero attached hydrogens (tertiary/aromatic N) is 1. The molecule has 0 aliphatic carbocycles. The molecule has 6 nitrogen and oxygen atoms in total. The molecule has 24 heavy (non-hydrogen) atoms. The van der Waals surface area contributed by atoms with Gasteiger partial charge in [-0.1, -0.05) is 13.0 Å². The van der Waals surface area contributed by atoms with Crippen molar-refractivity contribution in [3.63, 3.8) is 0 Å². The summed E-state index contributed by atoms with van der Waals surface area (Å²) in [6.07, 6.45) is 3.95. The first kappa shape index (κ1) is 18.1. The number of amides is 2. The minimum Gasteiger partial charge on any atom is -0.493 e. The Kier molecular flexibility index (Phi) is 6.46. The molecule has 1 fully saturated rings. The highest BCUT2D eigenvalue weighted by molar-refractivity contribution is 6.35. The number of methoxy groups -OCH3 is 2. The maximum absolute atomic E-state index is 12.4. The lowest BCUT2D eigenvalue weighted by Crippen LogP contribution is -2.49. The van der Waals surface area contributed by atoms with Gasteiger partial charge in [-0.05, 0) is 43.4 Å². The monoisotopic (exact) mass is 334 g/mol. The van der Waals surface area contributed by atoms with Gasteiger partial charge < -0.3 is 19.7 Å². The van der Waals surface area contributed by atoms with Gasteiger partial charge in [0.1, 0.15) is 0 Å². The van der Waals surface area contributed by atoms with Crippen molar-refractivity contribution in [3.05, 3.63) is 23.8 Å². The molecule has 0 aromatic heterocycles. The van der Waals surface area contributed by atoms with E-state index in [4.69, 9.17) is 9.47 Å². The Labute approximate surface area is 143 Å². The number of carbonyl (C=O) groups excluding carboxylic acids is 2. The summed E-state index contributed by atoms with van der Waals surface area (Å²) in [4.78, 5) is 26.3. The van der Waals surface area contributed by atoms with Crippen LogP contribution >= 0.6 is 0 Å². The predicted molar refractivity (Wildman–Crippen MR) is 91.0 cm³/mol. The Morgan fingerprint density at radius 1 is 1.21 bits per heavy atom. The van der Waals surface area contributed by atoms with Crippen LogP contribution in [0.4, 0.5) is 0 Å². The van der Waals surface area contributed by atoms with Crippen LogP contribution in [-0.2, 0) is 16.1 Å². The molecule has 1 heterocycles. The van der Waals surface area contributed by atoms with E-state index >= 15 is 0 Å². The van der Waals surface area contributed by atoms with Gasteiger partial charge in [0.2, 0.25) is 0 Å². The van der Waals surface area contributed by atoms with Crippen molar-refractivity contribution in [1.29, 1.82) is 0 Å². The molecular weight excluding hydrogens is 308 g/mol. The summed E-state index contributed by atoms with van der Waals surface area (Å²) in [5.41, 5.74) is 0.847. The molecule has 0 spiro atoms. The molecule has 1 N–H and O–H groups in total. The third-order valence-electron chi connectivity index (χ3n) is 4.45. The second kappa shape index (κ2) is 8.57. The Balaban J connectivity index is 1.96. The first-order valence-corrected chi connectivity index (χ1v) is 8.40. The van der Waals surface area contributed by atoms with E-state index in [0.717, 1.165) is 31.2 Å². The lowest BCUT2D eigenvalue weighted by molar-refractivity contribution is -0.148. The van der Waals surface area contributed by atoms with E-state index in [9.17, 15) is 9.59 Å². The van der Waals surface area contributed by atoms with E-state index < -0.39 is 11.8 Å². The summed E-state index contributed by atoms with van der Waals surface area (Å²) < 4.78 is 10.4. The molecule has 1 aromatic rings. The summed E-state index contributed by atoms with van der Waals surface area (Å²) in [6.45, 7) is 2.99. The van der Waals surface area contributed by atoms with Gasteiger partial charge in [-0.25, -0.2) is 0 Å². The highest BCUT2D eigenvalue weighted by Gasteiger charge is 2.29. The number of likely N-dealkylation sites (tertiary alicyclic amines) is 1. The van der Waals surface area contributed by atoms with Crippen molar-refractivity contribution in [3.8, 4) is 11.5 Å². The summed E-state index contributed by atoms with van der Waals surface area (Å²) in [5.74, 6) is 0.243. The van der Waals surface area contributed by atoms with Crippen molar-refractivity contribution in [1.82, 2.24) is 10.2 Å². The van der Waals surface area contributed by atoms with E-state index in [1.807, 2.05) is 6.07 Å². The van der Waals surface area contributed by atoms with Crippen LogP contribution in [0.5, 0.6) is 11.5 Å². The number of rotatable bonds is 5. The molecule has 1 atom stereocenters. The summed E-state index contributed by atoms with van der Waals surface area (Å²) in [6, 6.07) is 5.58. The summed E-state index contributed by atoms with van der Waals surface area (Å²) >= 11 is 0. The Morgan fingerprint density at radius 2 is 1.96 bits per heavy atom. The smallest absolute Gasteiger partial charge is 0.312 e. The van der Waals surface area contributed by atoms with Crippen LogP contribution in [0.3, 0.4) is 0 Å². The highest BCUT2D eigenvalue weighted by atomic mass is 16.5. The van der Waals surface area contributed by atoms with Gasteiger partial charge in [0.05, 0.1) is 14.2 Å². The maximum Gasteiger partial charge on any atom is 0.312 e. The first-order valence-electron chi connectivity index (χ1n) is 8.40. The lowest BCUT2D eigenvalue weighted by atomic mass is 10.00. The van der Waals surface area contributed by atoms with E-state index in [2.05, 4.69) is 12.2 Å². The fraction of sp³-hybridized carbons (Fsp3) is 0.556. The molecule has 6 heteroatoms. The normalized spacial score (nSPS) is 17.3. The number of hydrogen-bond acceptors (Lipinski definition) is 4. The second-order valence-electron chi connectivity index (χ2n) is 5.93. The van der Waals surface area contributed by atoms with Crippen LogP contribution in [0.25, 0.3) is 0 Å². The van der Waals surface area contributed by atoms with Crippen LogP contribution in [0, 0.1) is 0 Å². The third kappa shape index (κ3) is 4.19. The predicted octanol–water partition coefficient (Wildman–Crippen LogP) is 2.11. The van der Waals surface area contributed by atoms with E-state index in [-0.39, 0.29) is 12.6 Å². The average molecular weight is 334 g/mol. The van der Waals surface area contributed by atoms with Crippen LogP contribution in [-0.4, -0.2) is 43.5 Å². The van der Waals surface area contributed by atoms with Gasteiger partial charge in [-0.15, -0.1) is 0 Å². The fourth-order valence-corrected chi connectivity index (χ4v) is 3.07. The Hall–Kier alpha value is -2.24. The number of ether oxygens (including phenoxy) is 2. The Morgan fingerprint density at radius 3 is 2.62 bits per heavy atom. The molecular formula is C18H26N2O4. The van der Waals surface area contributed by atoms with Crippen molar-refractivity contribution in [2.24, 2.45) is 0 Å². The molecule has 1 unspecified atom stereocenters. The van der Waals surface area contributed by atoms with Crippen LogP contribution in [0.2, 0.25) is 0 Å². The number of hydrogen-bond donors (Lipinski definition) is 1. The molecule has 1 saturated heterocycles. The molecule has 2 amide bonds. The molecule has 2 rings (SSSR count). The van der Waals surface area contributed by atoms with Crippen molar-refractivity contribution in [2.75, 3.05) is 20.8 Å². The van der Waals surface area contributed by atoms with Gasteiger partial charge in [0.25, 0.3) is 0 Å². The number of benzene rings is 1. The number of nitrogens with one attached hydrogen (secondary N) is 1. The zero-order valence-electron chi connectivity index (χ0n) is 14.6. The van der Waals surface area contributed by atoms with Gasteiger partial charge in [-0.2, -0.15) is 0 Å². The topological polar surface area (TPSA) is 67.9 Å². The van der Waals surface area contributed by atoms with Gasteiger partial charge in [0.15, 0.2) is 11.5 Å². The highest BCUT2D eigenvalue weighted by Crippen LogP contribution is 2.27. The largest absolute Gasteiger partial charge is 0.493 e. The van der Waals surface area contributed by atoms with Gasteiger partial charge in [0, 0.05) is 19.1 Å². The lowest BCUT2D eigenvalue weighted by Gasteiger charge is -2.34. The van der Waals surface area contributed by atoms with Crippen LogP contribution in [0.15, 0.2) is 18.2 Å². The van der Waals surface area contributed by atoms with Crippen molar-refractivity contribution in [2.45, 2.75) is 45.2 Å². The number of carbonyl (C=O) groups is 2. The van der Waals surface area contributed by atoms with Gasteiger partial charge >= 0.3 is 11.8 Å². The molecule has 0 radical (unpaired) electrons. The van der Waals surface area contributed by atoms with E-state index in [1.165, 1.54) is 0 Å². The molecule has 1 aliphatic rings. The summed E-state index contributed by atoms with van der Waals surface area (Å²) in [7, 11) is 3.13. The third-order valence-corrected chi connectivity index (χ3v) is 4.45. The zero-order valence-corrected chi connectivity index (χ0v) is 14.6.